The molecule has 13 heteroatoms. The molecule has 0 spiro atoms. The first-order valence-corrected chi connectivity index (χ1v) is 11.7. The van der Waals surface area contributed by atoms with Crippen LogP contribution in [0.3, 0.4) is 0 Å². The van der Waals surface area contributed by atoms with E-state index in [1.54, 1.807) is 31.2 Å². The Hall–Kier alpha value is -3.39. The number of aromatic hydroxyl groups is 1. The van der Waals surface area contributed by atoms with Gasteiger partial charge in [0.1, 0.15) is 10.6 Å². The molecule has 0 aliphatic carbocycles. The minimum absolute atomic E-state index is 0.182. The van der Waals surface area contributed by atoms with Gasteiger partial charge < -0.3 is 10.4 Å². The number of anilines is 1. The Balaban J connectivity index is 2.42. The highest BCUT2D eigenvalue weighted by molar-refractivity contribution is 7.86. The summed E-state index contributed by atoms with van der Waals surface area (Å²) in [4.78, 5) is 10.1. The summed E-state index contributed by atoms with van der Waals surface area (Å²) in [5.74, 6) is -1.43. The normalized spacial score (nSPS) is 12.4. The number of aryl methyl sites for hydroxylation is 1. The fourth-order valence-corrected chi connectivity index (χ4v) is 4.17. The lowest BCUT2D eigenvalue weighted by molar-refractivity contribution is -0.114. The largest absolute Gasteiger partial charge is 0.505 e. The highest BCUT2D eigenvalue weighted by atomic mass is 32.2. The molecular weight excluding hydrogens is 462 g/mol. The van der Waals surface area contributed by atoms with E-state index < -0.39 is 47.4 Å². The molecule has 0 atom stereocenters. The molecule has 4 N–H and O–H groups in total. The van der Waals surface area contributed by atoms with Gasteiger partial charge in [0.2, 0.25) is 5.91 Å². The summed E-state index contributed by atoms with van der Waals surface area (Å²) in [6.45, 7) is 2.85. The van der Waals surface area contributed by atoms with Crippen molar-refractivity contribution in [2.75, 3.05) is 5.32 Å². The maximum Gasteiger partial charge on any atom is 0.296 e. The van der Waals surface area contributed by atoms with Crippen molar-refractivity contribution >= 4 is 54.0 Å². The molecule has 32 heavy (non-hydrogen) atoms. The summed E-state index contributed by atoms with van der Waals surface area (Å²) in [7, 11) is -9.72. The average molecular weight is 479 g/mol. The molecule has 0 aliphatic heterocycles. The van der Waals surface area contributed by atoms with E-state index in [-0.39, 0.29) is 16.5 Å². The van der Waals surface area contributed by atoms with Gasteiger partial charge in [0.05, 0.1) is 16.3 Å². The van der Waals surface area contributed by atoms with E-state index in [0.29, 0.717) is 11.3 Å². The molecule has 3 rings (SSSR count). The van der Waals surface area contributed by atoms with Gasteiger partial charge >= 0.3 is 0 Å². The molecule has 0 fully saturated rings. The van der Waals surface area contributed by atoms with Gasteiger partial charge in [-0.2, -0.15) is 21.9 Å². The zero-order valence-electron chi connectivity index (χ0n) is 16.6. The standard InChI is InChI=1S/C19H17N3O8S2/c1-10-5-3-4-6-14(10)21-22-18-16(32(28,29)30)8-12-7-13(31(25,26)27)9-15(20-11(2)23)17(12)19(18)24/h3-9,24H,1-2H3,(H,20,23)(H,25,26,27)(H,28,29,30). The lowest BCUT2D eigenvalue weighted by Gasteiger charge is -2.14. The zero-order valence-corrected chi connectivity index (χ0v) is 18.3. The SMILES string of the molecule is CC(=O)Nc1cc(S(=O)(=O)O)cc2cc(S(=O)(=O)O)c(N=Nc3ccccc3C)c(O)c12. The average Bonchev–Trinajstić information content (AvgIpc) is 2.66. The number of hydrogen-bond acceptors (Lipinski definition) is 8. The number of carbonyl (C=O) groups is 1. The summed E-state index contributed by atoms with van der Waals surface area (Å²) in [6.07, 6.45) is 0. The molecule has 0 unspecified atom stereocenters. The van der Waals surface area contributed by atoms with Crippen LogP contribution in [-0.4, -0.2) is 37.0 Å². The second-order valence-electron chi connectivity index (χ2n) is 6.76. The van der Waals surface area contributed by atoms with E-state index >= 15 is 0 Å². The van der Waals surface area contributed by atoms with E-state index in [0.717, 1.165) is 25.1 Å². The lowest BCUT2D eigenvalue weighted by Crippen LogP contribution is -2.08. The molecule has 3 aromatic rings. The third-order valence-electron chi connectivity index (χ3n) is 4.38. The Kier molecular flexibility index (Phi) is 6.02. The molecular formula is C19H17N3O8S2. The van der Waals surface area contributed by atoms with Crippen molar-refractivity contribution in [3.05, 3.63) is 48.0 Å². The predicted octanol–water partition coefficient (Wildman–Crippen LogP) is 3.72. The van der Waals surface area contributed by atoms with Crippen molar-refractivity contribution in [3.8, 4) is 5.75 Å². The highest BCUT2D eigenvalue weighted by Crippen LogP contribution is 2.45. The zero-order chi connectivity index (χ0) is 23.8. The summed E-state index contributed by atoms with van der Waals surface area (Å²) >= 11 is 0. The Morgan fingerprint density at radius 3 is 2.19 bits per heavy atom. The number of nitrogens with one attached hydrogen (secondary N) is 1. The topological polar surface area (TPSA) is 183 Å². The monoisotopic (exact) mass is 479 g/mol. The van der Waals surface area contributed by atoms with Gasteiger partial charge in [0.25, 0.3) is 20.2 Å². The van der Waals surface area contributed by atoms with Crippen LogP contribution < -0.4 is 5.32 Å². The number of carbonyl (C=O) groups excluding carboxylic acids is 1. The number of fused-ring (bicyclic) bond motifs is 1. The van der Waals surface area contributed by atoms with Crippen LogP contribution in [-0.2, 0) is 25.0 Å². The number of hydrogen-bond donors (Lipinski definition) is 4. The fraction of sp³-hybridized carbons (Fsp3) is 0.105. The Labute approximate surface area is 182 Å². The second-order valence-corrected chi connectivity index (χ2v) is 9.57. The summed E-state index contributed by atoms with van der Waals surface area (Å²) in [6, 6.07) is 9.32. The maximum atomic E-state index is 12.0. The number of amides is 1. The first-order chi connectivity index (χ1) is 14.8. The van der Waals surface area contributed by atoms with Crippen LogP contribution in [0.1, 0.15) is 12.5 Å². The molecule has 0 bridgehead atoms. The highest BCUT2D eigenvalue weighted by Gasteiger charge is 2.25. The fourth-order valence-electron chi connectivity index (χ4n) is 2.97. The van der Waals surface area contributed by atoms with E-state index in [1.807, 2.05) is 0 Å². The van der Waals surface area contributed by atoms with Crippen LogP contribution in [0.4, 0.5) is 17.1 Å². The molecule has 168 valence electrons. The second kappa shape index (κ2) is 8.27. The van der Waals surface area contributed by atoms with Crippen LogP contribution >= 0.6 is 0 Å². The van der Waals surface area contributed by atoms with Crippen LogP contribution in [0.15, 0.2) is 62.5 Å². The van der Waals surface area contributed by atoms with Gasteiger partial charge in [-0.05, 0) is 42.1 Å². The minimum atomic E-state index is -4.96. The number of phenolic OH excluding ortho intramolecular Hbond substituents is 1. The quantitative estimate of drug-likeness (QED) is 0.315. The smallest absolute Gasteiger partial charge is 0.296 e. The van der Waals surface area contributed by atoms with Crippen molar-refractivity contribution in [1.29, 1.82) is 0 Å². The number of azo groups is 1. The van der Waals surface area contributed by atoms with Crippen molar-refractivity contribution in [2.24, 2.45) is 10.2 Å². The Morgan fingerprint density at radius 2 is 1.62 bits per heavy atom. The van der Waals surface area contributed by atoms with Crippen molar-refractivity contribution in [3.63, 3.8) is 0 Å². The summed E-state index contributed by atoms with van der Waals surface area (Å²) in [5, 5.41) is 20.5. The van der Waals surface area contributed by atoms with Crippen molar-refractivity contribution in [1.82, 2.24) is 0 Å². The van der Waals surface area contributed by atoms with Crippen LogP contribution in [0.25, 0.3) is 10.8 Å². The van der Waals surface area contributed by atoms with Crippen LogP contribution in [0.2, 0.25) is 0 Å². The van der Waals surface area contributed by atoms with Gasteiger partial charge in [0.15, 0.2) is 5.75 Å². The molecule has 3 aromatic carbocycles. The van der Waals surface area contributed by atoms with Gasteiger partial charge in [-0.25, -0.2) is 0 Å². The van der Waals surface area contributed by atoms with E-state index in [9.17, 15) is 35.8 Å². The van der Waals surface area contributed by atoms with Gasteiger partial charge in [-0.15, -0.1) is 5.11 Å². The van der Waals surface area contributed by atoms with Crippen molar-refractivity contribution < 1.29 is 35.8 Å². The molecule has 0 saturated heterocycles. The summed E-state index contributed by atoms with van der Waals surface area (Å²) < 4.78 is 66.3. The molecule has 0 heterocycles. The predicted molar refractivity (Wildman–Crippen MR) is 115 cm³/mol. The van der Waals surface area contributed by atoms with Gasteiger partial charge in [-0.1, -0.05) is 18.2 Å². The van der Waals surface area contributed by atoms with Crippen molar-refractivity contribution in [2.45, 2.75) is 23.6 Å². The summed E-state index contributed by atoms with van der Waals surface area (Å²) in [5.41, 5.74) is 0.183. The van der Waals surface area contributed by atoms with Gasteiger partial charge in [0, 0.05) is 12.3 Å². The Bertz CT molecular complexity index is 1500. The third kappa shape index (κ3) is 4.75. The molecule has 11 nitrogen and oxygen atoms in total. The molecule has 0 aromatic heterocycles. The Morgan fingerprint density at radius 1 is 0.969 bits per heavy atom. The third-order valence-corrected chi connectivity index (χ3v) is 6.08. The van der Waals surface area contributed by atoms with Crippen LogP contribution in [0.5, 0.6) is 5.75 Å². The number of phenols is 1. The number of nitrogens with zero attached hydrogens (tertiary/aromatic N) is 2. The molecule has 0 aliphatic rings. The molecule has 1 amide bonds. The molecule has 0 radical (unpaired) electrons. The lowest BCUT2D eigenvalue weighted by atomic mass is 10.1. The first-order valence-electron chi connectivity index (χ1n) is 8.82. The minimum Gasteiger partial charge on any atom is -0.505 e. The first kappa shape index (κ1) is 23.3. The van der Waals surface area contributed by atoms with E-state index in [2.05, 4.69) is 15.5 Å². The van der Waals surface area contributed by atoms with Gasteiger partial charge in [-0.3, -0.25) is 13.9 Å². The van der Waals surface area contributed by atoms with E-state index in [1.165, 1.54) is 0 Å². The molecule has 0 saturated carbocycles. The maximum absolute atomic E-state index is 12.0. The van der Waals surface area contributed by atoms with E-state index in [4.69, 9.17) is 0 Å². The number of rotatable bonds is 5. The number of benzene rings is 3. The van der Waals surface area contributed by atoms with Crippen LogP contribution in [0, 0.1) is 6.92 Å².